The summed E-state index contributed by atoms with van der Waals surface area (Å²) in [4.78, 5) is 38.1. The van der Waals surface area contributed by atoms with Gasteiger partial charge in [0.1, 0.15) is 0 Å². The Labute approximate surface area is 180 Å². The molecule has 2 amide bonds. The van der Waals surface area contributed by atoms with Gasteiger partial charge in [-0.05, 0) is 18.9 Å². The minimum absolute atomic E-state index is 0.0666. The molecule has 2 aromatic heterocycles. The number of hydrogen-bond acceptors (Lipinski definition) is 7. The summed E-state index contributed by atoms with van der Waals surface area (Å²) in [7, 11) is 1.65. The highest BCUT2D eigenvalue weighted by Gasteiger charge is 2.30. The Morgan fingerprint density at radius 2 is 2.03 bits per heavy atom. The molecular weight excluding hydrogens is 404 g/mol. The largest absolute Gasteiger partial charge is 0.478 e. The summed E-state index contributed by atoms with van der Waals surface area (Å²) in [5.41, 5.74) is 2.30. The number of thiazole rings is 1. The monoisotopic (exact) mass is 432 g/mol. The van der Waals surface area contributed by atoms with Crippen LogP contribution in [0.1, 0.15) is 41.4 Å². The maximum Gasteiger partial charge on any atom is 0.256 e. The van der Waals surface area contributed by atoms with E-state index < -0.39 is 0 Å². The molecule has 1 fully saturated rings. The van der Waals surface area contributed by atoms with Crippen LogP contribution in [0.5, 0.6) is 5.88 Å². The van der Waals surface area contributed by atoms with Gasteiger partial charge in [0.05, 0.1) is 24.2 Å². The third-order valence-electron chi connectivity index (χ3n) is 5.15. The number of carbonyl (C=O) groups is 2. The second-order valence-corrected chi connectivity index (χ2v) is 8.19. The van der Waals surface area contributed by atoms with E-state index in [9.17, 15) is 9.59 Å². The van der Waals surface area contributed by atoms with Crippen LogP contribution in [0.3, 0.4) is 0 Å². The molecule has 0 radical (unpaired) electrons. The first kappa shape index (κ1) is 22.2. The SMILES string of the molecule is COCCCOc1ccc(C(=O)N(Cc2cncs2)C2CCN(C(C)=O)CC2)cn1. The van der Waals surface area contributed by atoms with Crippen molar-refractivity contribution in [3.63, 3.8) is 0 Å². The highest BCUT2D eigenvalue weighted by Crippen LogP contribution is 2.23. The van der Waals surface area contributed by atoms with Crippen LogP contribution in [0, 0.1) is 0 Å². The van der Waals surface area contributed by atoms with Crippen molar-refractivity contribution >= 4 is 23.2 Å². The molecule has 1 aliphatic rings. The minimum Gasteiger partial charge on any atom is -0.478 e. The average Bonchev–Trinajstić information content (AvgIpc) is 3.28. The number of ether oxygens (including phenoxy) is 2. The van der Waals surface area contributed by atoms with Crippen molar-refractivity contribution < 1.29 is 19.1 Å². The summed E-state index contributed by atoms with van der Waals surface area (Å²) < 4.78 is 10.6. The predicted molar refractivity (Wildman–Crippen MR) is 113 cm³/mol. The van der Waals surface area contributed by atoms with Crippen molar-refractivity contribution in [3.8, 4) is 5.88 Å². The first-order chi connectivity index (χ1) is 14.6. The molecule has 3 rings (SSSR count). The molecule has 30 heavy (non-hydrogen) atoms. The summed E-state index contributed by atoms with van der Waals surface area (Å²) in [5, 5.41) is 0. The van der Waals surface area contributed by atoms with Gasteiger partial charge in [-0.25, -0.2) is 4.98 Å². The standard InChI is InChI=1S/C21H28N4O4S/c1-16(26)24-8-6-18(7-9-24)25(14-19-13-22-15-30-19)21(27)17-4-5-20(23-12-17)29-11-3-10-28-2/h4-5,12-13,15,18H,3,6-11,14H2,1-2H3. The topological polar surface area (TPSA) is 84.9 Å². The fourth-order valence-corrected chi connectivity index (χ4v) is 4.08. The molecule has 0 spiro atoms. The number of rotatable bonds is 9. The number of pyridine rings is 1. The maximum atomic E-state index is 13.3. The Bertz CT molecular complexity index is 805. The Kier molecular flexibility index (Phi) is 8.15. The molecule has 3 heterocycles. The molecule has 0 bridgehead atoms. The Hall–Kier alpha value is -2.52. The molecular formula is C21H28N4O4S. The lowest BCUT2D eigenvalue weighted by molar-refractivity contribution is -0.130. The van der Waals surface area contributed by atoms with Crippen molar-refractivity contribution in [2.75, 3.05) is 33.4 Å². The Morgan fingerprint density at radius 3 is 2.63 bits per heavy atom. The van der Waals surface area contributed by atoms with E-state index in [1.54, 1.807) is 44.1 Å². The van der Waals surface area contributed by atoms with Crippen molar-refractivity contribution in [2.45, 2.75) is 38.8 Å². The smallest absolute Gasteiger partial charge is 0.256 e. The zero-order valence-corrected chi connectivity index (χ0v) is 18.3. The van der Waals surface area contributed by atoms with Crippen molar-refractivity contribution in [1.29, 1.82) is 0 Å². The van der Waals surface area contributed by atoms with Gasteiger partial charge in [-0.2, -0.15) is 0 Å². The number of likely N-dealkylation sites (tertiary alicyclic amines) is 1. The Balaban J connectivity index is 1.68. The van der Waals surface area contributed by atoms with E-state index in [0.29, 0.717) is 44.3 Å². The lowest BCUT2D eigenvalue weighted by Gasteiger charge is -2.38. The fraction of sp³-hybridized carbons (Fsp3) is 0.524. The second kappa shape index (κ2) is 11.0. The van der Waals surface area contributed by atoms with Crippen molar-refractivity contribution in [1.82, 2.24) is 19.8 Å². The van der Waals surface area contributed by atoms with Gasteiger partial charge in [0.25, 0.3) is 5.91 Å². The lowest BCUT2D eigenvalue weighted by Crippen LogP contribution is -2.48. The van der Waals surface area contributed by atoms with E-state index >= 15 is 0 Å². The molecule has 8 nitrogen and oxygen atoms in total. The van der Waals surface area contributed by atoms with E-state index in [0.717, 1.165) is 24.1 Å². The molecule has 2 aromatic rings. The van der Waals surface area contributed by atoms with Crippen LogP contribution >= 0.6 is 11.3 Å². The van der Waals surface area contributed by atoms with E-state index in [-0.39, 0.29) is 17.9 Å². The number of hydrogen-bond donors (Lipinski definition) is 0. The van der Waals surface area contributed by atoms with Gasteiger partial charge in [-0.1, -0.05) is 0 Å². The van der Waals surface area contributed by atoms with Crippen LogP contribution < -0.4 is 4.74 Å². The molecule has 1 aliphatic heterocycles. The van der Waals surface area contributed by atoms with Gasteiger partial charge in [0, 0.05) is 69.5 Å². The van der Waals surface area contributed by atoms with Gasteiger partial charge in [0.2, 0.25) is 11.8 Å². The van der Waals surface area contributed by atoms with Gasteiger partial charge in [-0.3, -0.25) is 14.6 Å². The Morgan fingerprint density at radius 1 is 1.23 bits per heavy atom. The lowest BCUT2D eigenvalue weighted by atomic mass is 10.0. The molecule has 1 saturated heterocycles. The van der Waals surface area contributed by atoms with Crippen LogP contribution in [0.2, 0.25) is 0 Å². The molecule has 0 aromatic carbocycles. The average molecular weight is 433 g/mol. The quantitative estimate of drug-likeness (QED) is 0.567. The first-order valence-corrected chi connectivity index (χ1v) is 11.0. The first-order valence-electron chi connectivity index (χ1n) is 10.1. The van der Waals surface area contributed by atoms with Gasteiger partial charge in [-0.15, -0.1) is 11.3 Å². The highest BCUT2D eigenvalue weighted by atomic mass is 32.1. The van der Waals surface area contributed by atoms with E-state index in [1.807, 2.05) is 9.80 Å². The molecule has 9 heteroatoms. The van der Waals surface area contributed by atoms with Gasteiger partial charge < -0.3 is 19.3 Å². The zero-order chi connectivity index (χ0) is 21.3. The van der Waals surface area contributed by atoms with Crippen LogP contribution in [-0.4, -0.2) is 71.0 Å². The number of piperidine rings is 1. The van der Waals surface area contributed by atoms with Crippen LogP contribution in [-0.2, 0) is 16.1 Å². The number of amides is 2. The predicted octanol–water partition coefficient (Wildman–Crippen LogP) is 2.61. The summed E-state index contributed by atoms with van der Waals surface area (Å²) in [6, 6.07) is 3.55. The molecule has 162 valence electrons. The second-order valence-electron chi connectivity index (χ2n) is 7.22. The molecule has 0 unspecified atom stereocenters. The molecule has 0 aliphatic carbocycles. The maximum absolute atomic E-state index is 13.3. The van der Waals surface area contributed by atoms with E-state index in [2.05, 4.69) is 9.97 Å². The summed E-state index contributed by atoms with van der Waals surface area (Å²) in [5.74, 6) is 0.508. The summed E-state index contributed by atoms with van der Waals surface area (Å²) in [6.07, 6.45) is 5.67. The number of carbonyl (C=O) groups excluding carboxylic acids is 2. The summed E-state index contributed by atoms with van der Waals surface area (Å²) in [6.45, 7) is 4.57. The van der Waals surface area contributed by atoms with Crippen LogP contribution in [0.15, 0.2) is 30.0 Å². The highest BCUT2D eigenvalue weighted by molar-refractivity contribution is 7.09. The van der Waals surface area contributed by atoms with Gasteiger partial charge in [0.15, 0.2) is 0 Å². The molecule has 0 N–H and O–H groups in total. The van der Waals surface area contributed by atoms with Gasteiger partial charge >= 0.3 is 0 Å². The molecule has 0 atom stereocenters. The van der Waals surface area contributed by atoms with Crippen LogP contribution in [0.25, 0.3) is 0 Å². The number of methoxy groups -OCH3 is 1. The fourth-order valence-electron chi connectivity index (χ4n) is 3.49. The van der Waals surface area contributed by atoms with Crippen LogP contribution in [0.4, 0.5) is 0 Å². The van der Waals surface area contributed by atoms with E-state index in [4.69, 9.17) is 9.47 Å². The normalized spacial score (nSPS) is 14.5. The number of nitrogens with zero attached hydrogens (tertiary/aromatic N) is 4. The van der Waals surface area contributed by atoms with Crippen molar-refractivity contribution in [3.05, 3.63) is 40.5 Å². The minimum atomic E-state index is -0.0666. The molecule has 0 saturated carbocycles. The summed E-state index contributed by atoms with van der Waals surface area (Å²) >= 11 is 1.53. The zero-order valence-electron chi connectivity index (χ0n) is 17.5. The third-order valence-corrected chi connectivity index (χ3v) is 5.91. The number of aromatic nitrogens is 2. The van der Waals surface area contributed by atoms with E-state index in [1.165, 1.54) is 11.3 Å². The third kappa shape index (κ3) is 5.99. The van der Waals surface area contributed by atoms with Crippen molar-refractivity contribution in [2.24, 2.45) is 0 Å².